The molecule has 1 aromatic heterocycles. The molecule has 114 valence electrons. The first-order chi connectivity index (χ1) is 9.97. The lowest BCUT2D eigenvalue weighted by atomic mass is 9.99. The van der Waals surface area contributed by atoms with Crippen LogP contribution in [0.4, 0.5) is 5.69 Å². The number of anilines is 1. The third-order valence-electron chi connectivity index (χ3n) is 4.49. The second-order valence-corrected chi connectivity index (χ2v) is 6.34. The summed E-state index contributed by atoms with van der Waals surface area (Å²) in [6.45, 7) is 3.89. The van der Waals surface area contributed by atoms with Gasteiger partial charge in [0.15, 0.2) is 5.69 Å². The Kier molecular flexibility index (Phi) is 3.57. The van der Waals surface area contributed by atoms with Crippen molar-refractivity contribution in [1.82, 2.24) is 9.97 Å². The summed E-state index contributed by atoms with van der Waals surface area (Å²) in [6.07, 6.45) is 4.75. The molecule has 0 radical (unpaired) electrons. The Bertz CT molecular complexity index is 547. The van der Waals surface area contributed by atoms with Crippen molar-refractivity contribution in [3.8, 4) is 0 Å². The lowest BCUT2D eigenvalue weighted by Crippen LogP contribution is -2.45. The van der Waals surface area contributed by atoms with E-state index >= 15 is 0 Å². The molecule has 6 nitrogen and oxygen atoms in total. The Morgan fingerprint density at radius 2 is 1.95 bits per heavy atom. The summed E-state index contributed by atoms with van der Waals surface area (Å²) in [4.78, 5) is 22.3. The van der Waals surface area contributed by atoms with Gasteiger partial charge in [-0.1, -0.05) is 13.8 Å². The maximum absolute atomic E-state index is 11.6. The van der Waals surface area contributed by atoms with E-state index in [1.54, 1.807) is 6.20 Å². The largest absolute Gasteiger partial charge is 0.476 e. The zero-order valence-electron chi connectivity index (χ0n) is 12.4. The topological polar surface area (TPSA) is 86.5 Å². The Morgan fingerprint density at radius 1 is 1.33 bits per heavy atom. The molecule has 2 bridgehead atoms. The molecular weight excluding hydrogens is 270 g/mol. The van der Waals surface area contributed by atoms with E-state index in [0.717, 1.165) is 12.8 Å². The van der Waals surface area contributed by atoms with Crippen LogP contribution in [0.2, 0.25) is 0 Å². The summed E-state index contributed by atoms with van der Waals surface area (Å²) in [7, 11) is 0. The van der Waals surface area contributed by atoms with Crippen LogP contribution in [0.1, 0.15) is 61.8 Å². The van der Waals surface area contributed by atoms with Gasteiger partial charge in [0.25, 0.3) is 0 Å². The number of hydrogen-bond donors (Lipinski definition) is 2. The Morgan fingerprint density at radius 3 is 2.48 bits per heavy atom. The number of piperidine rings is 1. The third-order valence-corrected chi connectivity index (χ3v) is 4.49. The van der Waals surface area contributed by atoms with E-state index < -0.39 is 5.97 Å². The van der Waals surface area contributed by atoms with E-state index in [0.29, 0.717) is 24.4 Å². The summed E-state index contributed by atoms with van der Waals surface area (Å²) in [6, 6.07) is 0.399. The number of aromatic carboxylic acids is 1. The number of carboxylic acids is 1. The minimum absolute atomic E-state index is 0.0852. The van der Waals surface area contributed by atoms with Crippen LogP contribution >= 0.6 is 0 Å². The summed E-state index contributed by atoms with van der Waals surface area (Å²) >= 11 is 0. The fourth-order valence-corrected chi connectivity index (χ4v) is 3.56. The molecule has 21 heavy (non-hydrogen) atoms. The molecule has 0 spiro atoms. The monoisotopic (exact) mass is 291 g/mol. The van der Waals surface area contributed by atoms with Crippen molar-refractivity contribution in [2.24, 2.45) is 0 Å². The van der Waals surface area contributed by atoms with Crippen molar-refractivity contribution in [1.29, 1.82) is 0 Å². The molecule has 2 N–H and O–H groups in total. The number of fused-ring (bicyclic) bond motifs is 2. The molecule has 2 saturated heterocycles. The molecule has 3 rings (SSSR count). The highest BCUT2D eigenvalue weighted by molar-refractivity contribution is 5.92. The van der Waals surface area contributed by atoms with Crippen molar-refractivity contribution < 1.29 is 15.0 Å². The number of aromatic nitrogens is 2. The van der Waals surface area contributed by atoms with Crippen LogP contribution in [0, 0.1) is 0 Å². The second kappa shape index (κ2) is 5.26. The Labute approximate surface area is 123 Å². The maximum atomic E-state index is 11.6. The molecule has 1 aromatic rings. The summed E-state index contributed by atoms with van der Waals surface area (Å²) in [5.74, 6) is -0.364. The van der Waals surface area contributed by atoms with Crippen molar-refractivity contribution in [2.45, 2.75) is 63.6 Å². The molecule has 6 heteroatoms. The number of carboxylic acid groups (broad SMARTS) is 1. The normalized spacial score (nSPS) is 28.2. The van der Waals surface area contributed by atoms with Crippen molar-refractivity contribution >= 4 is 11.7 Å². The number of rotatable bonds is 3. The zero-order chi connectivity index (χ0) is 15.1. The van der Waals surface area contributed by atoms with E-state index in [9.17, 15) is 15.0 Å². The zero-order valence-corrected chi connectivity index (χ0v) is 12.4. The van der Waals surface area contributed by atoms with Crippen molar-refractivity contribution in [3.05, 3.63) is 17.7 Å². The number of hydrogen-bond acceptors (Lipinski definition) is 5. The first-order valence-electron chi connectivity index (χ1n) is 7.54. The van der Waals surface area contributed by atoms with Crippen molar-refractivity contribution in [3.63, 3.8) is 0 Å². The van der Waals surface area contributed by atoms with Gasteiger partial charge in [-0.2, -0.15) is 0 Å². The number of nitrogens with zero attached hydrogens (tertiary/aromatic N) is 3. The summed E-state index contributed by atoms with van der Waals surface area (Å²) < 4.78 is 0. The number of aliphatic hydroxyl groups is 1. The van der Waals surface area contributed by atoms with Gasteiger partial charge in [0, 0.05) is 18.0 Å². The number of aliphatic hydroxyl groups excluding tert-OH is 1. The van der Waals surface area contributed by atoms with E-state index in [4.69, 9.17) is 0 Å². The first kappa shape index (κ1) is 14.3. The lowest BCUT2D eigenvalue weighted by Gasteiger charge is -2.39. The highest BCUT2D eigenvalue weighted by atomic mass is 16.4. The van der Waals surface area contributed by atoms with Gasteiger partial charge in [-0.05, 0) is 25.7 Å². The van der Waals surface area contributed by atoms with Gasteiger partial charge in [0.05, 0.1) is 18.0 Å². The number of carbonyl (C=O) groups is 1. The second-order valence-electron chi connectivity index (χ2n) is 6.34. The first-order valence-corrected chi connectivity index (χ1v) is 7.54. The average molecular weight is 291 g/mol. The molecule has 2 fully saturated rings. The lowest BCUT2D eigenvalue weighted by molar-refractivity contribution is 0.0690. The Hall–Kier alpha value is -1.69. The minimum atomic E-state index is -1.01. The van der Waals surface area contributed by atoms with E-state index in [-0.39, 0.29) is 29.8 Å². The fraction of sp³-hybridized carbons (Fsp3) is 0.667. The molecule has 0 aliphatic carbocycles. The molecule has 0 aromatic carbocycles. The van der Waals surface area contributed by atoms with Gasteiger partial charge < -0.3 is 15.1 Å². The smallest absolute Gasteiger partial charge is 0.356 e. The molecule has 2 atom stereocenters. The molecule has 3 heterocycles. The molecular formula is C15H21N3O3. The quantitative estimate of drug-likeness (QED) is 0.883. The van der Waals surface area contributed by atoms with Gasteiger partial charge in [-0.15, -0.1) is 0 Å². The van der Waals surface area contributed by atoms with Gasteiger partial charge in [0.2, 0.25) is 0 Å². The van der Waals surface area contributed by atoms with E-state index in [2.05, 4.69) is 14.9 Å². The van der Waals surface area contributed by atoms with Crippen LogP contribution in [0.25, 0.3) is 0 Å². The summed E-state index contributed by atoms with van der Waals surface area (Å²) in [5, 5.41) is 19.4. The Balaban J connectivity index is 2.00. The predicted octanol–water partition coefficient (Wildman–Crippen LogP) is 1.79. The third kappa shape index (κ3) is 2.48. The SMILES string of the molecule is CC(C)c1ncc(N2C3CCC2CC(O)C3)c(C(=O)O)n1. The van der Waals surface area contributed by atoms with Gasteiger partial charge in [0.1, 0.15) is 5.82 Å². The highest BCUT2D eigenvalue weighted by Gasteiger charge is 2.42. The molecule has 0 amide bonds. The average Bonchev–Trinajstić information content (AvgIpc) is 2.69. The fourth-order valence-electron chi connectivity index (χ4n) is 3.56. The molecule has 2 unspecified atom stereocenters. The van der Waals surface area contributed by atoms with Gasteiger partial charge >= 0.3 is 5.97 Å². The van der Waals surface area contributed by atoms with Crippen LogP contribution in [0.15, 0.2) is 6.20 Å². The van der Waals surface area contributed by atoms with Gasteiger partial charge in [-0.3, -0.25) is 0 Å². The minimum Gasteiger partial charge on any atom is -0.476 e. The molecule has 2 aliphatic heterocycles. The summed E-state index contributed by atoms with van der Waals surface area (Å²) in [5.41, 5.74) is 0.688. The van der Waals surface area contributed by atoms with Crippen LogP contribution in [-0.2, 0) is 0 Å². The van der Waals surface area contributed by atoms with Crippen LogP contribution < -0.4 is 4.90 Å². The predicted molar refractivity (Wildman–Crippen MR) is 77.6 cm³/mol. The molecule has 2 aliphatic rings. The van der Waals surface area contributed by atoms with Crippen LogP contribution in [-0.4, -0.2) is 44.3 Å². The molecule has 0 saturated carbocycles. The van der Waals surface area contributed by atoms with Crippen LogP contribution in [0.5, 0.6) is 0 Å². The maximum Gasteiger partial charge on any atom is 0.356 e. The van der Waals surface area contributed by atoms with Crippen LogP contribution in [0.3, 0.4) is 0 Å². The standard InChI is InChI=1S/C15H21N3O3/c1-8(2)14-16-7-12(13(17-14)15(20)21)18-9-3-4-10(18)6-11(19)5-9/h7-11,19H,3-6H2,1-2H3,(H,20,21). The van der Waals surface area contributed by atoms with Crippen molar-refractivity contribution in [2.75, 3.05) is 4.90 Å². The van der Waals surface area contributed by atoms with E-state index in [1.165, 1.54) is 0 Å². The van der Waals surface area contributed by atoms with E-state index in [1.807, 2.05) is 13.8 Å². The van der Waals surface area contributed by atoms with Gasteiger partial charge in [-0.25, -0.2) is 14.8 Å². The highest BCUT2D eigenvalue weighted by Crippen LogP contribution is 2.40.